The van der Waals surface area contributed by atoms with Crippen LogP contribution in [0.5, 0.6) is 0 Å². The molecule has 2 rings (SSSR count). The Morgan fingerprint density at radius 3 is 2.76 bits per heavy atom. The molecule has 0 aliphatic carbocycles. The van der Waals surface area contributed by atoms with Crippen molar-refractivity contribution in [1.29, 1.82) is 0 Å². The van der Waals surface area contributed by atoms with Gasteiger partial charge < -0.3 is 5.32 Å². The van der Waals surface area contributed by atoms with Crippen LogP contribution in [0.25, 0.3) is 0 Å². The fourth-order valence-corrected chi connectivity index (χ4v) is 3.59. The molecule has 2 atom stereocenters. The van der Waals surface area contributed by atoms with Crippen molar-refractivity contribution < 1.29 is 4.39 Å². The minimum atomic E-state index is -0.113. The third-order valence-corrected chi connectivity index (χ3v) is 4.93. The van der Waals surface area contributed by atoms with Crippen molar-refractivity contribution in [2.45, 2.75) is 45.7 Å². The molecule has 1 saturated heterocycles. The SMILES string of the molecule is CC(C)N(CC1CCCNC1)C(C)c1cc(Br)ccc1F. The van der Waals surface area contributed by atoms with Crippen molar-refractivity contribution in [3.63, 3.8) is 0 Å². The second-order valence-electron chi connectivity index (χ2n) is 6.34. The molecular weight excluding hydrogens is 331 g/mol. The number of nitrogens with one attached hydrogen (secondary N) is 1. The zero-order chi connectivity index (χ0) is 15.4. The highest BCUT2D eigenvalue weighted by Gasteiger charge is 2.25. The summed E-state index contributed by atoms with van der Waals surface area (Å²) in [6.07, 6.45) is 2.51. The summed E-state index contributed by atoms with van der Waals surface area (Å²) < 4.78 is 15.1. The van der Waals surface area contributed by atoms with Crippen LogP contribution >= 0.6 is 15.9 Å². The summed E-state index contributed by atoms with van der Waals surface area (Å²) in [5, 5.41) is 3.47. The molecule has 1 aromatic carbocycles. The summed E-state index contributed by atoms with van der Waals surface area (Å²) in [4.78, 5) is 2.42. The van der Waals surface area contributed by atoms with Crippen LogP contribution in [0.4, 0.5) is 4.39 Å². The highest BCUT2D eigenvalue weighted by Crippen LogP contribution is 2.29. The van der Waals surface area contributed by atoms with Crippen LogP contribution in [-0.2, 0) is 0 Å². The van der Waals surface area contributed by atoms with Crippen LogP contribution in [0.1, 0.15) is 45.2 Å². The molecule has 1 aliphatic rings. The molecule has 2 nitrogen and oxygen atoms in total. The summed E-state index contributed by atoms with van der Waals surface area (Å²) in [6.45, 7) is 9.75. The number of hydrogen-bond donors (Lipinski definition) is 1. The van der Waals surface area contributed by atoms with E-state index >= 15 is 0 Å². The Morgan fingerprint density at radius 1 is 1.38 bits per heavy atom. The molecule has 0 radical (unpaired) electrons. The Hall–Kier alpha value is -0.450. The first-order chi connectivity index (χ1) is 9.99. The van der Waals surface area contributed by atoms with Gasteiger partial charge in [0.25, 0.3) is 0 Å². The van der Waals surface area contributed by atoms with Crippen LogP contribution < -0.4 is 5.32 Å². The minimum absolute atomic E-state index is 0.0874. The number of piperidine rings is 1. The molecule has 118 valence electrons. The average Bonchev–Trinajstić information content (AvgIpc) is 2.47. The normalized spacial score (nSPS) is 21.0. The monoisotopic (exact) mass is 356 g/mol. The van der Waals surface area contributed by atoms with Gasteiger partial charge >= 0.3 is 0 Å². The molecule has 1 aliphatic heterocycles. The van der Waals surface area contributed by atoms with E-state index in [1.165, 1.54) is 12.8 Å². The van der Waals surface area contributed by atoms with Gasteiger partial charge in [-0.2, -0.15) is 0 Å². The van der Waals surface area contributed by atoms with Crippen LogP contribution in [0.15, 0.2) is 22.7 Å². The maximum Gasteiger partial charge on any atom is 0.128 e. The number of nitrogens with zero attached hydrogens (tertiary/aromatic N) is 1. The van der Waals surface area contributed by atoms with E-state index in [0.717, 1.165) is 29.7 Å². The summed E-state index contributed by atoms with van der Waals surface area (Å²) in [5.41, 5.74) is 0.779. The van der Waals surface area contributed by atoms with E-state index in [1.54, 1.807) is 12.1 Å². The maximum atomic E-state index is 14.2. The maximum absolute atomic E-state index is 14.2. The highest BCUT2D eigenvalue weighted by atomic mass is 79.9. The standard InChI is InChI=1S/C17H26BrFN2/c1-12(2)21(11-14-5-4-8-20-10-14)13(3)16-9-15(18)6-7-17(16)19/h6-7,9,12-14,20H,4-5,8,10-11H2,1-3H3. The number of rotatable bonds is 5. The minimum Gasteiger partial charge on any atom is -0.316 e. The van der Waals surface area contributed by atoms with Gasteiger partial charge in [0.1, 0.15) is 5.82 Å². The molecule has 4 heteroatoms. The lowest BCUT2D eigenvalue weighted by Crippen LogP contribution is -2.42. The van der Waals surface area contributed by atoms with Gasteiger partial charge in [0.2, 0.25) is 0 Å². The largest absolute Gasteiger partial charge is 0.316 e. The fourth-order valence-electron chi connectivity index (χ4n) is 3.21. The molecular formula is C17H26BrFN2. The van der Waals surface area contributed by atoms with Gasteiger partial charge in [-0.1, -0.05) is 15.9 Å². The summed E-state index contributed by atoms with van der Waals surface area (Å²) in [7, 11) is 0. The average molecular weight is 357 g/mol. The van der Waals surface area contributed by atoms with Crippen LogP contribution in [0, 0.1) is 11.7 Å². The van der Waals surface area contributed by atoms with Gasteiger partial charge in [-0.05, 0) is 70.8 Å². The zero-order valence-corrected chi connectivity index (χ0v) is 14.8. The van der Waals surface area contributed by atoms with Crippen molar-refractivity contribution in [2.24, 2.45) is 5.92 Å². The first-order valence-corrected chi connectivity index (χ1v) is 8.69. The molecule has 0 bridgehead atoms. The van der Waals surface area contributed by atoms with Gasteiger partial charge in [0, 0.05) is 28.7 Å². The fraction of sp³-hybridized carbons (Fsp3) is 0.647. The Kier molecular flexibility index (Phi) is 6.20. The first-order valence-electron chi connectivity index (χ1n) is 7.90. The van der Waals surface area contributed by atoms with E-state index in [-0.39, 0.29) is 11.9 Å². The van der Waals surface area contributed by atoms with Crippen LogP contribution in [-0.4, -0.2) is 30.6 Å². The lowest BCUT2D eigenvalue weighted by Gasteiger charge is -2.37. The quantitative estimate of drug-likeness (QED) is 0.842. The summed E-state index contributed by atoms with van der Waals surface area (Å²) >= 11 is 3.45. The lowest BCUT2D eigenvalue weighted by molar-refractivity contribution is 0.124. The van der Waals surface area contributed by atoms with E-state index in [2.05, 4.69) is 46.9 Å². The molecule has 1 heterocycles. The topological polar surface area (TPSA) is 15.3 Å². The van der Waals surface area contributed by atoms with Crippen LogP contribution in [0.3, 0.4) is 0 Å². The van der Waals surface area contributed by atoms with Gasteiger partial charge in [0.05, 0.1) is 0 Å². The Labute approximate surface area is 136 Å². The number of halogens is 2. The molecule has 1 aromatic rings. The van der Waals surface area contributed by atoms with Crippen molar-refractivity contribution in [3.8, 4) is 0 Å². The van der Waals surface area contributed by atoms with Crippen molar-refractivity contribution >= 4 is 15.9 Å². The Bertz CT molecular complexity index is 458. The molecule has 1 N–H and O–H groups in total. The van der Waals surface area contributed by atoms with Crippen molar-refractivity contribution in [3.05, 3.63) is 34.1 Å². The summed E-state index contributed by atoms with van der Waals surface area (Å²) in [6, 6.07) is 5.71. The zero-order valence-electron chi connectivity index (χ0n) is 13.2. The van der Waals surface area contributed by atoms with E-state index in [4.69, 9.17) is 0 Å². The number of benzene rings is 1. The number of hydrogen-bond acceptors (Lipinski definition) is 2. The third-order valence-electron chi connectivity index (χ3n) is 4.44. The molecule has 0 spiro atoms. The Balaban J connectivity index is 2.14. The van der Waals surface area contributed by atoms with Gasteiger partial charge in [-0.25, -0.2) is 4.39 Å². The van der Waals surface area contributed by atoms with Gasteiger partial charge in [-0.15, -0.1) is 0 Å². The van der Waals surface area contributed by atoms with Gasteiger partial charge in [-0.3, -0.25) is 4.90 Å². The first kappa shape index (κ1) is 16.9. The summed E-state index contributed by atoms with van der Waals surface area (Å²) in [5.74, 6) is 0.553. The molecule has 2 unspecified atom stereocenters. The van der Waals surface area contributed by atoms with E-state index in [1.807, 2.05) is 6.07 Å². The molecule has 0 amide bonds. The molecule has 1 fully saturated rings. The van der Waals surface area contributed by atoms with E-state index < -0.39 is 0 Å². The molecule has 0 saturated carbocycles. The van der Waals surface area contributed by atoms with Crippen LogP contribution in [0.2, 0.25) is 0 Å². The lowest BCUT2D eigenvalue weighted by atomic mass is 9.96. The predicted octanol–water partition coefficient (Wildman–Crippen LogP) is 4.36. The highest BCUT2D eigenvalue weighted by molar-refractivity contribution is 9.10. The van der Waals surface area contributed by atoms with Gasteiger partial charge in [0.15, 0.2) is 0 Å². The van der Waals surface area contributed by atoms with E-state index in [9.17, 15) is 4.39 Å². The second-order valence-corrected chi connectivity index (χ2v) is 7.26. The molecule has 21 heavy (non-hydrogen) atoms. The molecule has 0 aromatic heterocycles. The predicted molar refractivity (Wildman–Crippen MR) is 90.0 cm³/mol. The smallest absolute Gasteiger partial charge is 0.128 e. The van der Waals surface area contributed by atoms with Crippen molar-refractivity contribution in [2.75, 3.05) is 19.6 Å². The second kappa shape index (κ2) is 7.70. The van der Waals surface area contributed by atoms with E-state index in [0.29, 0.717) is 12.0 Å². The van der Waals surface area contributed by atoms with Crippen molar-refractivity contribution in [1.82, 2.24) is 10.2 Å². The Morgan fingerprint density at radius 2 is 2.14 bits per heavy atom. The third kappa shape index (κ3) is 4.51.